The van der Waals surface area contributed by atoms with Crippen molar-refractivity contribution >= 4 is 0 Å². The molecule has 6 rings (SSSR count). The van der Waals surface area contributed by atoms with Crippen LogP contribution in [-0.4, -0.2) is 42.4 Å². The van der Waals surface area contributed by atoms with Crippen LogP contribution in [0.25, 0.3) is 0 Å². The predicted octanol–water partition coefficient (Wildman–Crippen LogP) is 7.84. The van der Waals surface area contributed by atoms with Gasteiger partial charge in [-0.25, -0.2) is 0 Å². The Morgan fingerprint density at radius 3 is 1.02 bits per heavy atom. The Bertz CT molecular complexity index is 1430. The van der Waals surface area contributed by atoms with Crippen molar-refractivity contribution in [3.05, 3.63) is 179 Å². The van der Waals surface area contributed by atoms with Crippen molar-refractivity contribution in [2.24, 2.45) is 0 Å². The van der Waals surface area contributed by atoms with Gasteiger partial charge in [0.05, 0.1) is 51.7 Å². The first kappa shape index (κ1) is 31.9. The van der Waals surface area contributed by atoms with Crippen molar-refractivity contribution in [3.63, 3.8) is 0 Å². The number of nitrogens with zero attached hydrogens (tertiary/aromatic N) is 1. The van der Waals surface area contributed by atoms with Gasteiger partial charge in [-0.3, -0.25) is 4.90 Å². The van der Waals surface area contributed by atoms with Gasteiger partial charge in [-0.1, -0.05) is 152 Å². The Morgan fingerprint density at radius 1 is 0.370 bits per heavy atom. The van der Waals surface area contributed by atoms with Gasteiger partial charge in [-0.15, -0.1) is 0 Å². The van der Waals surface area contributed by atoms with Gasteiger partial charge in [0.2, 0.25) is 0 Å². The van der Waals surface area contributed by atoms with Gasteiger partial charge in [0.1, 0.15) is 12.2 Å². The molecule has 0 spiro atoms. The van der Waals surface area contributed by atoms with E-state index in [9.17, 15) is 0 Å². The van der Waals surface area contributed by atoms with Crippen LogP contribution in [0.1, 0.15) is 27.8 Å². The van der Waals surface area contributed by atoms with Crippen LogP contribution >= 0.6 is 0 Å². The molecule has 1 heterocycles. The Morgan fingerprint density at radius 2 is 0.674 bits per heavy atom. The summed E-state index contributed by atoms with van der Waals surface area (Å²) in [5, 5.41) is 0. The summed E-state index contributed by atoms with van der Waals surface area (Å²) in [4.78, 5) is 2.50. The first-order valence-electron chi connectivity index (χ1n) is 16.2. The minimum atomic E-state index is -0.242. The van der Waals surface area contributed by atoms with Crippen molar-refractivity contribution < 1.29 is 18.9 Å². The molecule has 0 radical (unpaired) electrons. The second kappa shape index (κ2) is 17.0. The monoisotopic (exact) mass is 613 g/mol. The third-order valence-electron chi connectivity index (χ3n) is 8.51. The molecule has 5 nitrogen and oxygen atoms in total. The van der Waals surface area contributed by atoms with Gasteiger partial charge < -0.3 is 18.9 Å². The van der Waals surface area contributed by atoms with E-state index in [2.05, 4.69) is 132 Å². The third kappa shape index (κ3) is 9.00. The molecule has 0 unspecified atom stereocenters. The second-order valence-corrected chi connectivity index (χ2v) is 11.8. The minimum absolute atomic E-state index is 0.0567. The van der Waals surface area contributed by atoms with E-state index in [4.69, 9.17) is 18.9 Å². The van der Waals surface area contributed by atoms with E-state index < -0.39 is 0 Å². The summed E-state index contributed by atoms with van der Waals surface area (Å²) in [6.45, 7) is 3.78. The lowest BCUT2D eigenvalue weighted by molar-refractivity contribution is -0.0914. The molecule has 0 aromatic heterocycles. The molecule has 1 saturated heterocycles. The highest BCUT2D eigenvalue weighted by molar-refractivity contribution is 5.19. The fourth-order valence-electron chi connectivity index (χ4n) is 6.16. The summed E-state index contributed by atoms with van der Waals surface area (Å²) in [6.07, 6.45) is -0.484. The van der Waals surface area contributed by atoms with Gasteiger partial charge in [-0.05, 0) is 27.8 Å². The van der Waals surface area contributed by atoms with Crippen molar-refractivity contribution in [1.29, 1.82) is 0 Å². The zero-order chi connectivity index (χ0) is 31.2. The molecule has 1 aliphatic rings. The SMILES string of the molecule is c1ccc(COC[C@@H]2[C@@H](OCc3ccccc3)[C@H](OCc3ccccc3)[C@@H](COCc3ccccc3)N2Cc2ccccc2)cc1. The minimum Gasteiger partial charge on any atom is -0.375 e. The van der Waals surface area contributed by atoms with E-state index in [1.54, 1.807) is 0 Å². The van der Waals surface area contributed by atoms with Gasteiger partial charge in [0.15, 0.2) is 0 Å². The molecule has 1 aliphatic heterocycles. The van der Waals surface area contributed by atoms with Gasteiger partial charge in [-0.2, -0.15) is 0 Å². The third-order valence-corrected chi connectivity index (χ3v) is 8.51. The summed E-state index contributed by atoms with van der Waals surface area (Å²) in [5.74, 6) is 0. The van der Waals surface area contributed by atoms with Crippen LogP contribution in [0.15, 0.2) is 152 Å². The van der Waals surface area contributed by atoms with E-state index in [1.165, 1.54) is 5.56 Å². The Kier molecular flexibility index (Phi) is 11.8. The lowest BCUT2D eigenvalue weighted by Gasteiger charge is -2.31. The molecule has 5 aromatic carbocycles. The summed E-state index contributed by atoms with van der Waals surface area (Å²) < 4.78 is 26.7. The van der Waals surface area contributed by atoms with Crippen molar-refractivity contribution in [1.82, 2.24) is 4.90 Å². The van der Waals surface area contributed by atoms with Crippen LogP contribution in [0, 0.1) is 0 Å². The molecule has 46 heavy (non-hydrogen) atoms. The molecule has 0 aliphatic carbocycles. The molecular weight excluding hydrogens is 570 g/mol. The van der Waals surface area contributed by atoms with Crippen LogP contribution in [0.4, 0.5) is 0 Å². The number of likely N-dealkylation sites (tertiary alicyclic amines) is 1. The summed E-state index contributed by atoms with van der Waals surface area (Å²) >= 11 is 0. The molecule has 5 aromatic rings. The largest absolute Gasteiger partial charge is 0.375 e. The molecular formula is C41H43NO4. The summed E-state index contributed by atoms with van der Waals surface area (Å²) in [7, 11) is 0. The first-order chi connectivity index (χ1) is 22.8. The first-order valence-corrected chi connectivity index (χ1v) is 16.2. The highest BCUT2D eigenvalue weighted by atomic mass is 16.6. The number of ether oxygens (including phenoxy) is 4. The summed E-state index contributed by atoms with van der Waals surface area (Å²) in [6, 6.07) is 51.9. The van der Waals surface area contributed by atoms with Crippen molar-refractivity contribution in [2.45, 2.75) is 57.3 Å². The lowest BCUT2D eigenvalue weighted by atomic mass is 10.1. The van der Waals surface area contributed by atoms with Crippen LogP contribution in [0.2, 0.25) is 0 Å². The Hall–Kier alpha value is -4.10. The smallest absolute Gasteiger partial charge is 0.103 e. The van der Waals surface area contributed by atoms with Crippen LogP contribution in [-0.2, 0) is 51.9 Å². The molecule has 236 valence electrons. The Balaban J connectivity index is 1.30. The van der Waals surface area contributed by atoms with Gasteiger partial charge >= 0.3 is 0 Å². The van der Waals surface area contributed by atoms with E-state index in [-0.39, 0.29) is 24.3 Å². The second-order valence-electron chi connectivity index (χ2n) is 11.8. The number of benzene rings is 5. The molecule has 0 saturated carbocycles. The van der Waals surface area contributed by atoms with Crippen LogP contribution in [0.3, 0.4) is 0 Å². The number of hydrogen-bond acceptors (Lipinski definition) is 5. The summed E-state index contributed by atoms with van der Waals surface area (Å²) in [5.41, 5.74) is 5.79. The van der Waals surface area contributed by atoms with E-state index in [1.807, 2.05) is 24.3 Å². The van der Waals surface area contributed by atoms with E-state index in [0.717, 1.165) is 28.8 Å². The predicted molar refractivity (Wildman–Crippen MR) is 182 cm³/mol. The lowest BCUT2D eigenvalue weighted by Crippen LogP contribution is -2.43. The molecule has 0 bridgehead atoms. The number of hydrogen-bond donors (Lipinski definition) is 0. The Labute approximate surface area is 273 Å². The van der Waals surface area contributed by atoms with Crippen molar-refractivity contribution in [2.75, 3.05) is 13.2 Å². The van der Waals surface area contributed by atoms with Crippen molar-refractivity contribution in [3.8, 4) is 0 Å². The normalized spacial score (nSPS) is 19.7. The molecule has 1 fully saturated rings. The van der Waals surface area contributed by atoms with Crippen LogP contribution < -0.4 is 0 Å². The van der Waals surface area contributed by atoms with E-state index >= 15 is 0 Å². The highest BCUT2D eigenvalue weighted by Crippen LogP contribution is 2.34. The standard InChI is InChI=1S/C41H43NO4/c1-6-16-33(17-7-1)26-42-38(31-43-27-34-18-8-2-9-19-34)40(45-29-36-22-12-4-13-23-36)41(46-30-37-24-14-5-15-25-37)39(42)32-44-28-35-20-10-3-11-21-35/h1-25,38-41H,26-32H2/t38-,39-,40-,41-/m1/s1. The topological polar surface area (TPSA) is 40.2 Å². The highest BCUT2D eigenvalue weighted by Gasteiger charge is 2.50. The number of rotatable bonds is 16. The quantitative estimate of drug-likeness (QED) is 0.113. The maximum atomic E-state index is 6.87. The van der Waals surface area contributed by atoms with Gasteiger partial charge in [0.25, 0.3) is 0 Å². The average Bonchev–Trinajstić information content (AvgIpc) is 3.39. The zero-order valence-electron chi connectivity index (χ0n) is 26.3. The maximum Gasteiger partial charge on any atom is 0.103 e. The average molecular weight is 614 g/mol. The molecule has 0 amide bonds. The fraction of sp³-hybridized carbons (Fsp3) is 0.268. The maximum absolute atomic E-state index is 6.87. The van der Waals surface area contributed by atoms with Gasteiger partial charge in [0, 0.05) is 6.54 Å². The molecule has 0 N–H and O–H groups in total. The van der Waals surface area contributed by atoms with E-state index in [0.29, 0.717) is 39.6 Å². The zero-order valence-corrected chi connectivity index (χ0v) is 26.3. The molecule has 5 heteroatoms. The molecule has 4 atom stereocenters. The fourth-order valence-corrected chi connectivity index (χ4v) is 6.16. The van der Waals surface area contributed by atoms with Crippen LogP contribution in [0.5, 0.6) is 0 Å².